The van der Waals surface area contributed by atoms with E-state index in [-0.39, 0.29) is 5.91 Å². The topological polar surface area (TPSA) is 72.4 Å². The summed E-state index contributed by atoms with van der Waals surface area (Å²) in [5.41, 5.74) is 2.88. The third-order valence-electron chi connectivity index (χ3n) is 3.80. The van der Waals surface area contributed by atoms with E-state index in [1.165, 1.54) is 0 Å². The molecule has 1 aliphatic carbocycles. The van der Waals surface area contributed by atoms with Crippen LogP contribution in [0.15, 0.2) is 35.3 Å². The highest BCUT2D eigenvalue weighted by Crippen LogP contribution is 2.42. The third-order valence-corrected chi connectivity index (χ3v) is 3.80. The van der Waals surface area contributed by atoms with Gasteiger partial charge in [0.2, 0.25) is 0 Å². The molecule has 1 amide bonds. The first-order valence-corrected chi connectivity index (χ1v) is 6.91. The molecule has 0 atom stereocenters. The minimum absolute atomic E-state index is 0.162. The van der Waals surface area contributed by atoms with Crippen LogP contribution in [0.4, 0.5) is 5.69 Å². The van der Waals surface area contributed by atoms with Crippen LogP contribution in [-0.4, -0.2) is 20.5 Å². The molecule has 1 saturated carbocycles. The van der Waals surface area contributed by atoms with Crippen LogP contribution < -0.4 is 5.32 Å². The van der Waals surface area contributed by atoms with Gasteiger partial charge in [-0.15, -0.1) is 10.2 Å². The molecule has 6 heteroatoms. The van der Waals surface area contributed by atoms with E-state index >= 15 is 0 Å². The van der Waals surface area contributed by atoms with Crippen molar-refractivity contribution < 1.29 is 9.21 Å². The van der Waals surface area contributed by atoms with Gasteiger partial charge >= 0.3 is 0 Å². The summed E-state index contributed by atoms with van der Waals surface area (Å²) in [6.07, 6.45) is 7.23. The summed E-state index contributed by atoms with van der Waals surface area (Å²) in [4.78, 5) is 12.5. The molecule has 4 rings (SSSR count). The van der Waals surface area contributed by atoms with E-state index in [0.717, 1.165) is 24.2 Å². The van der Waals surface area contributed by atoms with Gasteiger partial charge in [0.1, 0.15) is 12.1 Å². The highest BCUT2D eigenvalue weighted by Gasteiger charge is 2.31. The number of pyridine rings is 1. The zero-order valence-electron chi connectivity index (χ0n) is 11.5. The molecule has 1 N–H and O–H groups in total. The van der Waals surface area contributed by atoms with Crippen molar-refractivity contribution in [1.82, 2.24) is 14.6 Å². The van der Waals surface area contributed by atoms with E-state index in [4.69, 9.17) is 4.42 Å². The Bertz CT molecular complexity index is 829. The van der Waals surface area contributed by atoms with Crippen LogP contribution in [0.25, 0.3) is 5.65 Å². The first-order valence-electron chi connectivity index (χ1n) is 6.91. The zero-order valence-corrected chi connectivity index (χ0v) is 11.5. The normalized spacial score (nSPS) is 14.5. The van der Waals surface area contributed by atoms with Gasteiger partial charge in [0.15, 0.2) is 5.65 Å². The number of fused-ring (bicyclic) bond motifs is 1. The lowest BCUT2D eigenvalue weighted by Gasteiger charge is -2.09. The number of anilines is 1. The molecule has 0 aliphatic heterocycles. The van der Waals surface area contributed by atoms with Gasteiger partial charge in [-0.05, 0) is 37.5 Å². The Hall–Kier alpha value is -2.63. The molecule has 21 heavy (non-hydrogen) atoms. The van der Waals surface area contributed by atoms with Gasteiger partial charge in [0.25, 0.3) is 5.91 Å². The Labute approximate surface area is 120 Å². The van der Waals surface area contributed by atoms with Crippen LogP contribution in [0, 0.1) is 6.92 Å². The summed E-state index contributed by atoms with van der Waals surface area (Å²) in [5.74, 6) is 1.02. The van der Waals surface area contributed by atoms with Crippen LogP contribution in [0.1, 0.15) is 40.4 Å². The van der Waals surface area contributed by atoms with Gasteiger partial charge in [0.05, 0.1) is 17.5 Å². The second-order valence-corrected chi connectivity index (χ2v) is 5.36. The molecule has 0 bridgehead atoms. The number of rotatable bonds is 3. The molecule has 3 heterocycles. The van der Waals surface area contributed by atoms with Crippen molar-refractivity contribution in [3.05, 3.63) is 47.8 Å². The molecule has 0 saturated heterocycles. The maximum absolute atomic E-state index is 12.5. The van der Waals surface area contributed by atoms with Gasteiger partial charge < -0.3 is 9.73 Å². The number of aromatic nitrogens is 3. The maximum Gasteiger partial charge on any atom is 0.259 e. The molecule has 1 fully saturated rings. The minimum Gasteiger partial charge on any atom is -0.468 e. The molecule has 6 nitrogen and oxygen atoms in total. The molecule has 3 aromatic heterocycles. The van der Waals surface area contributed by atoms with E-state index in [2.05, 4.69) is 15.5 Å². The molecule has 1 aliphatic rings. The lowest BCUT2D eigenvalue weighted by molar-refractivity contribution is 0.102. The Morgan fingerprint density at radius 2 is 2.29 bits per heavy atom. The molecule has 0 spiro atoms. The largest absolute Gasteiger partial charge is 0.468 e. The first kappa shape index (κ1) is 12.1. The summed E-state index contributed by atoms with van der Waals surface area (Å²) < 4.78 is 7.23. The number of amides is 1. The predicted molar refractivity (Wildman–Crippen MR) is 76.4 cm³/mol. The lowest BCUT2D eigenvalue weighted by Crippen LogP contribution is -2.14. The van der Waals surface area contributed by atoms with Gasteiger partial charge in [-0.2, -0.15) is 0 Å². The van der Waals surface area contributed by atoms with Crippen molar-refractivity contribution in [2.45, 2.75) is 25.7 Å². The molecular weight excluding hydrogens is 268 g/mol. The van der Waals surface area contributed by atoms with Crippen LogP contribution in [0.3, 0.4) is 0 Å². The number of furan rings is 1. The number of hydrogen-bond acceptors (Lipinski definition) is 4. The molecule has 106 valence electrons. The Kier molecular flexibility index (Phi) is 2.57. The summed E-state index contributed by atoms with van der Waals surface area (Å²) >= 11 is 0. The van der Waals surface area contributed by atoms with Crippen LogP contribution in [-0.2, 0) is 0 Å². The SMILES string of the molecule is Cc1ccn2cnnc2c1NC(=O)c1ccoc1C1CC1. The van der Waals surface area contributed by atoms with Crippen LogP contribution in [0.2, 0.25) is 0 Å². The van der Waals surface area contributed by atoms with E-state index < -0.39 is 0 Å². The van der Waals surface area contributed by atoms with Gasteiger partial charge in [-0.1, -0.05) is 0 Å². The zero-order chi connectivity index (χ0) is 14.4. The monoisotopic (exact) mass is 282 g/mol. The summed E-state index contributed by atoms with van der Waals surface area (Å²) in [6, 6.07) is 3.64. The fourth-order valence-corrected chi connectivity index (χ4v) is 2.49. The van der Waals surface area contributed by atoms with Crippen LogP contribution in [0.5, 0.6) is 0 Å². The smallest absolute Gasteiger partial charge is 0.259 e. The third kappa shape index (κ3) is 1.99. The van der Waals surface area contributed by atoms with E-state index in [1.807, 2.05) is 19.2 Å². The second kappa shape index (κ2) is 4.44. The number of nitrogens with one attached hydrogen (secondary N) is 1. The Morgan fingerprint density at radius 1 is 1.43 bits per heavy atom. The average molecular weight is 282 g/mol. The van der Waals surface area contributed by atoms with Gasteiger partial charge in [0, 0.05) is 12.1 Å². The van der Waals surface area contributed by atoms with Crippen molar-refractivity contribution in [3.63, 3.8) is 0 Å². The first-order chi connectivity index (χ1) is 10.2. The van der Waals surface area contributed by atoms with Crippen molar-refractivity contribution in [3.8, 4) is 0 Å². The lowest BCUT2D eigenvalue weighted by atomic mass is 10.1. The van der Waals surface area contributed by atoms with E-state index in [9.17, 15) is 4.79 Å². The standard InChI is InChI=1S/C15H14N4O2/c1-9-4-6-19-8-16-18-14(19)12(9)17-15(20)11-5-7-21-13(11)10-2-3-10/h4-8,10H,2-3H2,1H3,(H,17,20). The molecule has 3 aromatic rings. The fraction of sp³-hybridized carbons (Fsp3) is 0.267. The molecule has 0 radical (unpaired) electrons. The van der Waals surface area contributed by atoms with Gasteiger partial charge in [-0.25, -0.2) is 0 Å². The number of carbonyl (C=O) groups is 1. The number of aryl methyl sites for hydroxylation is 1. The number of carbonyl (C=O) groups excluding carboxylic acids is 1. The van der Waals surface area contributed by atoms with Crippen molar-refractivity contribution in [2.24, 2.45) is 0 Å². The summed E-state index contributed by atoms with van der Waals surface area (Å²) in [7, 11) is 0. The number of hydrogen-bond donors (Lipinski definition) is 1. The maximum atomic E-state index is 12.5. The second-order valence-electron chi connectivity index (χ2n) is 5.36. The Balaban J connectivity index is 1.70. The molecule has 0 aromatic carbocycles. The average Bonchev–Trinajstić information content (AvgIpc) is 3.02. The highest BCUT2D eigenvalue weighted by atomic mass is 16.3. The Morgan fingerprint density at radius 3 is 3.10 bits per heavy atom. The van der Waals surface area contributed by atoms with Gasteiger partial charge in [-0.3, -0.25) is 9.20 Å². The highest BCUT2D eigenvalue weighted by molar-refractivity contribution is 6.07. The molecule has 0 unspecified atom stereocenters. The van der Waals surface area contributed by atoms with E-state index in [1.54, 1.807) is 23.1 Å². The van der Waals surface area contributed by atoms with Crippen LogP contribution >= 0.6 is 0 Å². The predicted octanol–water partition coefficient (Wildman–Crippen LogP) is 2.76. The fourth-order valence-electron chi connectivity index (χ4n) is 2.49. The van der Waals surface area contributed by atoms with Crippen molar-refractivity contribution in [2.75, 3.05) is 5.32 Å². The summed E-state index contributed by atoms with van der Waals surface area (Å²) in [5, 5.41) is 10.9. The molecular formula is C15H14N4O2. The minimum atomic E-state index is -0.162. The van der Waals surface area contributed by atoms with Crippen molar-refractivity contribution in [1.29, 1.82) is 0 Å². The van der Waals surface area contributed by atoms with E-state index in [0.29, 0.717) is 22.8 Å². The van der Waals surface area contributed by atoms with Crippen molar-refractivity contribution >= 4 is 17.2 Å². The number of nitrogens with zero attached hydrogens (tertiary/aromatic N) is 3. The summed E-state index contributed by atoms with van der Waals surface area (Å²) in [6.45, 7) is 1.93. The quantitative estimate of drug-likeness (QED) is 0.801.